The lowest BCUT2D eigenvalue weighted by Gasteiger charge is -2.27. The summed E-state index contributed by atoms with van der Waals surface area (Å²) in [7, 11) is 0. The maximum atomic E-state index is 11.7. The largest absolute Gasteiger partial charge is 0.354 e. The number of allylic oxidation sites excluding steroid dienone is 2. The number of carbonyl (C=O) groups is 1. The topological polar surface area (TPSA) is 55.1 Å². The van der Waals surface area contributed by atoms with Crippen molar-refractivity contribution in [3.63, 3.8) is 0 Å². The summed E-state index contributed by atoms with van der Waals surface area (Å²) >= 11 is 0. The monoisotopic (exact) mass is 210 g/mol. The fraction of sp³-hybridized carbons (Fsp3) is 0.750. The van der Waals surface area contributed by atoms with Crippen LogP contribution in [0.15, 0.2) is 12.2 Å². The van der Waals surface area contributed by atoms with Gasteiger partial charge in [-0.15, -0.1) is 0 Å². The van der Waals surface area contributed by atoms with Gasteiger partial charge in [0, 0.05) is 18.0 Å². The predicted octanol–water partition coefficient (Wildman–Crippen LogP) is 1.59. The normalized spacial score (nSPS) is 17.0. The molecule has 3 N–H and O–H groups in total. The maximum Gasteiger partial charge on any atom is 0.223 e. The number of nitrogens with one attached hydrogen (secondary N) is 1. The molecule has 3 nitrogen and oxygen atoms in total. The van der Waals surface area contributed by atoms with Gasteiger partial charge in [-0.05, 0) is 25.7 Å². The molecule has 0 aromatic carbocycles. The van der Waals surface area contributed by atoms with Gasteiger partial charge in [0.25, 0.3) is 0 Å². The van der Waals surface area contributed by atoms with E-state index in [1.165, 1.54) is 0 Å². The van der Waals surface area contributed by atoms with Crippen LogP contribution < -0.4 is 11.1 Å². The molecule has 1 rings (SSSR count). The molecule has 0 bridgehead atoms. The van der Waals surface area contributed by atoms with Crippen LogP contribution in [-0.4, -0.2) is 18.0 Å². The third-order valence-electron chi connectivity index (χ3n) is 3.40. The van der Waals surface area contributed by atoms with Gasteiger partial charge in [0.05, 0.1) is 0 Å². The van der Waals surface area contributed by atoms with Crippen LogP contribution in [0.5, 0.6) is 0 Å². The van der Waals surface area contributed by atoms with Crippen LogP contribution in [0.2, 0.25) is 0 Å². The minimum Gasteiger partial charge on any atom is -0.354 e. The lowest BCUT2D eigenvalue weighted by atomic mass is 9.94. The van der Waals surface area contributed by atoms with Crippen molar-refractivity contribution in [3.8, 4) is 0 Å². The number of amides is 1. The van der Waals surface area contributed by atoms with E-state index in [1.807, 2.05) is 0 Å². The Kier molecular flexibility index (Phi) is 4.33. The van der Waals surface area contributed by atoms with Crippen molar-refractivity contribution in [2.24, 2.45) is 11.7 Å². The summed E-state index contributed by atoms with van der Waals surface area (Å²) in [5.41, 5.74) is 5.88. The van der Waals surface area contributed by atoms with E-state index in [1.54, 1.807) is 0 Å². The molecule has 0 fully saturated rings. The zero-order chi connectivity index (χ0) is 11.3. The van der Waals surface area contributed by atoms with Crippen molar-refractivity contribution < 1.29 is 4.79 Å². The first-order valence-electron chi connectivity index (χ1n) is 5.83. The van der Waals surface area contributed by atoms with Crippen LogP contribution in [-0.2, 0) is 4.79 Å². The average molecular weight is 210 g/mol. The van der Waals surface area contributed by atoms with Gasteiger partial charge in [0.1, 0.15) is 0 Å². The highest BCUT2D eigenvalue weighted by Gasteiger charge is 2.24. The molecular weight excluding hydrogens is 188 g/mol. The van der Waals surface area contributed by atoms with E-state index in [-0.39, 0.29) is 17.4 Å². The lowest BCUT2D eigenvalue weighted by molar-refractivity contribution is -0.124. The second kappa shape index (κ2) is 5.31. The molecule has 1 aliphatic carbocycles. The van der Waals surface area contributed by atoms with Crippen molar-refractivity contribution in [3.05, 3.63) is 12.2 Å². The maximum absolute atomic E-state index is 11.7. The Morgan fingerprint density at radius 2 is 1.93 bits per heavy atom. The second-order valence-corrected chi connectivity index (χ2v) is 4.43. The molecule has 0 radical (unpaired) electrons. The van der Waals surface area contributed by atoms with Crippen molar-refractivity contribution in [2.45, 2.75) is 45.1 Å². The molecule has 0 atom stereocenters. The summed E-state index contributed by atoms with van der Waals surface area (Å²) in [6, 6.07) is 0. The molecule has 15 heavy (non-hydrogen) atoms. The molecule has 0 aromatic rings. The number of rotatable bonds is 5. The molecule has 1 aliphatic rings. The van der Waals surface area contributed by atoms with E-state index in [4.69, 9.17) is 5.73 Å². The van der Waals surface area contributed by atoms with Crippen LogP contribution >= 0.6 is 0 Å². The Morgan fingerprint density at radius 3 is 2.40 bits per heavy atom. The standard InChI is InChI=1S/C12H22N2O/c1-3-12(13,4-2)9-14-11(15)10-7-5-6-8-10/h5-6,10H,3-4,7-9,13H2,1-2H3,(H,14,15). The Balaban J connectivity index is 2.32. The van der Waals surface area contributed by atoms with Crippen LogP contribution in [0, 0.1) is 5.92 Å². The zero-order valence-electron chi connectivity index (χ0n) is 9.75. The predicted molar refractivity (Wildman–Crippen MR) is 62.4 cm³/mol. The van der Waals surface area contributed by atoms with Crippen LogP contribution in [0.1, 0.15) is 39.5 Å². The molecule has 0 aliphatic heterocycles. The first-order chi connectivity index (χ1) is 7.11. The summed E-state index contributed by atoms with van der Waals surface area (Å²) in [6.45, 7) is 4.72. The van der Waals surface area contributed by atoms with Gasteiger partial charge < -0.3 is 11.1 Å². The van der Waals surface area contributed by atoms with E-state index in [0.29, 0.717) is 6.54 Å². The van der Waals surface area contributed by atoms with Gasteiger partial charge in [0.2, 0.25) is 5.91 Å². The summed E-state index contributed by atoms with van der Waals surface area (Å²) in [5.74, 6) is 0.291. The van der Waals surface area contributed by atoms with E-state index in [2.05, 4.69) is 31.3 Å². The first kappa shape index (κ1) is 12.2. The van der Waals surface area contributed by atoms with Gasteiger partial charge in [-0.2, -0.15) is 0 Å². The van der Waals surface area contributed by atoms with Gasteiger partial charge in [0.15, 0.2) is 0 Å². The highest BCUT2D eigenvalue weighted by atomic mass is 16.1. The Labute approximate surface area is 92.1 Å². The molecular formula is C12H22N2O. The third kappa shape index (κ3) is 3.34. The molecule has 3 heteroatoms. The van der Waals surface area contributed by atoms with Crippen molar-refractivity contribution in [1.82, 2.24) is 5.32 Å². The highest BCUT2D eigenvalue weighted by Crippen LogP contribution is 2.18. The molecule has 0 heterocycles. The third-order valence-corrected chi connectivity index (χ3v) is 3.40. The SMILES string of the molecule is CCC(N)(CC)CNC(=O)C1CC=CC1. The molecule has 1 amide bonds. The van der Waals surface area contributed by atoms with Gasteiger partial charge in [-0.25, -0.2) is 0 Å². The molecule has 0 saturated heterocycles. The average Bonchev–Trinajstić information content (AvgIpc) is 2.79. The molecule has 86 valence electrons. The summed E-state index contributed by atoms with van der Waals surface area (Å²) in [4.78, 5) is 11.7. The number of hydrogen-bond donors (Lipinski definition) is 2. The minimum atomic E-state index is -0.234. The van der Waals surface area contributed by atoms with Gasteiger partial charge in [-0.1, -0.05) is 26.0 Å². The highest BCUT2D eigenvalue weighted by molar-refractivity contribution is 5.79. The van der Waals surface area contributed by atoms with Crippen molar-refractivity contribution >= 4 is 5.91 Å². The molecule has 0 aromatic heterocycles. The molecule has 0 saturated carbocycles. The quantitative estimate of drug-likeness (QED) is 0.677. The lowest BCUT2D eigenvalue weighted by Crippen LogP contribution is -2.50. The van der Waals surface area contributed by atoms with E-state index in [0.717, 1.165) is 25.7 Å². The van der Waals surface area contributed by atoms with Crippen molar-refractivity contribution in [2.75, 3.05) is 6.54 Å². The van der Waals surface area contributed by atoms with E-state index < -0.39 is 0 Å². The van der Waals surface area contributed by atoms with E-state index in [9.17, 15) is 4.79 Å². The van der Waals surface area contributed by atoms with Crippen LogP contribution in [0.3, 0.4) is 0 Å². The van der Waals surface area contributed by atoms with Crippen molar-refractivity contribution in [1.29, 1.82) is 0 Å². The fourth-order valence-corrected chi connectivity index (χ4v) is 1.74. The zero-order valence-corrected chi connectivity index (χ0v) is 9.75. The smallest absolute Gasteiger partial charge is 0.223 e. The molecule has 0 unspecified atom stereocenters. The fourth-order valence-electron chi connectivity index (χ4n) is 1.74. The number of carbonyl (C=O) groups excluding carboxylic acids is 1. The van der Waals surface area contributed by atoms with E-state index >= 15 is 0 Å². The summed E-state index contributed by atoms with van der Waals surface area (Å²) < 4.78 is 0. The van der Waals surface area contributed by atoms with Crippen LogP contribution in [0.25, 0.3) is 0 Å². The summed E-state index contributed by atoms with van der Waals surface area (Å²) in [6.07, 6.45) is 7.68. The minimum absolute atomic E-state index is 0.142. The van der Waals surface area contributed by atoms with Gasteiger partial charge >= 0.3 is 0 Å². The summed E-state index contributed by atoms with van der Waals surface area (Å²) in [5, 5.41) is 2.96. The van der Waals surface area contributed by atoms with Crippen LogP contribution in [0.4, 0.5) is 0 Å². The number of hydrogen-bond acceptors (Lipinski definition) is 2. The Bertz CT molecular complexity index is 236. The second-order valence-electron chi connectivity index (χ2n) is 4.43. The van der Waals surface area contributed by atoms with Gasteiger partial charge in [-0.3, -0.25) is 4.79 Å². The molecule has 0 spiro atoms. The number of nitrogens with two attached hydrogens (primary N) is 1. The Hall–Kier alpha value is -0.830. The Morgan fingerprint density at radius 1 is 1.40 bits per heavy atom. The first-order valence-corrected chi connectivity index (χ1v) is 5.83.